The van der Waals surface area contributed by atoms with Crippen molar-refractivity contribution in [2.24, 2.45) is 0 Å². The fourth-order valence-electron chi connectivity index (χ4n) is 14.7. The van der Waals surface area contributed by atoms with E-state index >= 15 is 0 Å². The third-order valence-corrected chi connectivity index (χ3v) is 22.4. The molecule has 0 spiro atoms. The molecule has 0 radical (unpaired) electrons. The van der Waals surface area contributed by atoms with Gasteiger partial charge in [0.1, 0.15) is 0 Å². The Labute approximate surface area is 839 Å². The number of nitrogens with two attached hydrogens (primary N) is 1. The van der Waals surface area contributed by atoms with E-state index in [4.69, 9.17) is 62.3 Å². The van der Waals surface area contributed by atoms with Crippen molar-refractivity contribution in [3.63, 3.8) is 0 Å². The molecule has 10 heterocycles. The summed E-state index contributed by atoms with van der Waals surface area (Å²) >= 11 is 0. The lowest BCUT2D eigenvalue weighted by Gasteiger charge is -2.11. The quantitative estimate of drug-likeness (QED) is 0.0410. The van der Waals surface area contributed by atoms with Crippen molar-refractivity contribution in [3.05, 3.63) is 354 Å². The Morgan fingerprint density at radius 1 is 0.299 bits per heavy atom. The van der Waals surface area contributed by atoms with Crippen LogP contribution in [-0.2, 0) is 18.8 Å². The molecule has 20 aromatic rings. The van der Waals surface area contributed by atoms with Crippen molar-refractivity contribution < 1.29 is 72.4 Å². The highest BCUT2D eigenvalue weighted by Crippen LogP contribution is 2.42. The second kappa shape index (κ2) is 48.6. The van der Waals surface area contributed by atoms with Gasteiger partial charge in [-0.15, -0.1) is 0 Å². The highest BCUT2D eigenvalue weighted by molar-refractivity contribution is 5.76. The van der Waals surface area contributed by atoms with Crippen LogP contribution in [0.1, 0.15) is 97.5 Å². The second-order valence-corrected chi connectivity index (χ2v) is 32.4. The van der Waals surface area contributed by atoms with Gasteiger partial charge in [-0.3, -0.25) is 19.9 Å². The molecule has 0 amide bonds. The molecule has 147 heavy (non-hydrogen) atoms. The van der Waals surface area contributed by atoms with Crippen molar-refractivity contribution in [1.29, 1.82) is 10.5 Å². The van der Waals surface area contributed by atoms with Crippen LogP contribution in [-0.4, -0.2) is 107 Å². The summed E-state index contributed by atoms with van der Waals surface area (Å²) in [6, 6.07) is 78.8. The number of aromatic nitrogens is 16. The number of aryl methyl sites for hydroxylation is 3. The number of nitrogen functional groups attached to an aromatic ring is 1. The van der Waals surface area contributed by atoms with Gasteiger partial charge in [0.15, 0.2) is 23.0 Å². The van der Waals surface area contributed by atoms with E-state index in [0.29, 0.717) is 130 Å². The van der Waals surface area contributed by atoms with Gasteiger partial charge in [0, 0.05) is 122 Å². The van der Waals surface area contributed by atoms with Crippen LogP contribution in [0.5, 0.6) is 23.0 Å². The zero-order valence-corrected chi connectivity index (χ0v) is 80.8. The van der Waals surface area contributed by atoms with Crippen LogP contribution >= 0.6 is 0 Å². The zero-order chi connectivity index (χ0) is 103. The monoisotopic (exact) mass is 1980 g/mol. The van der Waals surface area contributed by atoms with Crippen molar-refractivity contribution in [2.45, 2.75) is 93.9 Å². The second-order valence-electron chi connectivity index (χ2n) is 32.4. The van der Waals surface area contributed by atoms with Crippen LogP contribution in [0.3, 0.4) is 0 Å². The molecule has 0 fully saturated rings. The molecule has 0 atom stereocenters. The molecular weight excluding hydrogens is 1890 g/mol. The number of alkyl halides is 6. The van der Waals surface area contributed by atoms with Gasteiger partial charge >= 0.3 is 12.4 Å². The Kier molecular flexibility index (Phi) is 33.9. The first kappa shape index (κ1) is 103. The molecule has 0 aliphatic carbocycles. The summed E-state index contributed by atoms with van der Waals surface area (Å²) in [5, 5.41) is 41.7. The third-order valence-electron chi connectivity index (χ3n) is 22.4. The molecule has 0 aliphatic heterocycles. The number of nitriles is 2. The minimum Gasteiger partial charge on any atom is -0.490 e. The van der Waals surface area contributed by atoms with Crippen molar-refractivity contribution >= 4 is 5.69 Å². The van der Waals surface area contributed by atoms with Crippen molar-refractivity contribution in [3.8, 4) is 194 Å². The normalized spacial score (nSPS) is 10.9. The summed E-state index contributed by atoms with van der Waals surface area (Å²) in [6.07, 6.45) is 7.04. The number of unbranched alkanes of at least 4 members (excludes halogenated alkanes) is 1. The highest BCUT2D eigenvalue weighted by atomic mass is 19.4. The van der Waals surface area contributed by atoms with Gasteiger partial charge in [0.05, 0.1) is 60.8 Å². The maximum atomic E-state index is 13.6. The Balaban J connectivity index is 0.000000133. The summed E-state index contributed by atoms with van der Waals surface area (Å²) in [5.74, 6) is 7.16. The largest absolute Gasteiger partial charge is 0.490 e. The fraction of sp³-hybridized carbons (Fsp3) is 0.161. The predicted molar refractivity (Wildman–Crippen MR) is 539 cm³/mol. The molecule has 35 heteroatoms. The first-order chi connectivity index (χ1) is 71.3. The van der Waals surface area contributed by atoms with Gasteiger partial charge in [0.2, 0.25) is 34.9 Å². The van der Waals surface area contributed by atoms with Crippen molar-refractivity contribution in [1.82, 2.24) is 80.8 Å². The first-order valence-corrected chi connectivity index (χ1v) is 46.3. The molecule has 0 aliphatic rings. The molecule has 2 N–H and O–H groups in total. The summed E-state index contributed by atoms with van der Waals surface area (Å²) in [7, 11) is 0. The molecule has 10 aromatic carbocycles. The maximum Gasteiger partial charge on any atom is 0.416 e. The number of halogens is 6. The molecule has 738 valence electrons. The van der Waals surface area contributed by atoms with E-state index in [1.807, 2.05) is 193 Å². The third kappa shape index (κ3) is 26.5. The lowest BCUT2D eigenvalue weighted by molar-refractivity contribution is -0.138. The Bertz CT molecular complexity index is 7720. The Hall–Kier alpha value is -18.8. The SMILES string of the molecule is CCCCc1ccc(-c2cc(-c3nc(-c4ccncc4)no3)cc(C(F)(F)F)c2)cc1.CCOc1ccc(-c2nc(-c3cccc(C)c3C)no2)cc1OCC.CCOc1ccc(-c2nc(-c3cccc(N)c3C)no2)cc1OCC.Cc1cc(-c2nc(-c3ccncc3)no2)ccc1C#N.N#Cc1cc(-c2nc(-c3ccncc3)no2)cc(C(F)(F)F)c1.c1ccc(-c2cccc(-c3nc(-c4ccncc4)no3)c2)cc1. The van der Waals surface area contributed by atoms with Gasteiger partial charge in [-0.2, -0.15) is 66.8 Å². The van der Waals surface area contributed by atoms with Gasteiger partial charge in [-0.1, -0.05) is 141 Å². The molecule has 20 rings (SSSR count). The van der Waals surface area contributed by atoms with Crippen LogP contribution in [0.4, 0.5) is 32.0 Å². The van der Waals surface area contributed by atoms with Gasteiger partial charge in [-0.05, 0) is 276 Å². The number of hydrogen-bond acceptors (Lipinski definition) is 29. The first-order valence-electron chi connectivity index (χ1n) is 46.3. The highest BCUT2D eigenvalue weighted by Gasteiger charge is 2.34. The number of benzene rings is 10. The number of rotatable bonds is 25. The lowest BCUT2D eigenvalue weighted by atomic mass is 9.97. The van der Waals surface area contributed by atoms with E-state index in [2.05, 4.69) is 138 Å². The number of ether oxygens (including phenoxy) is 4. The van der Waals surface area contributed by atoms with E-state index in [1.54, 1.807) is 85.7 Å². The van der Waals surface area contributed by atoms with Crippen molar-refractivity contribution in [2.75, 3.05) is 32.2 Å². The summed E-state index contributed by atoms with van der Waals surface area (Å²) in [5.41, 5.74) is 22.5. The van der Waals surface area contributed by atoms with E-state index in [1.165, 1.54) is 24.0 Å². The smallest absolute Gasteiger partial charge is 0.416 e. The minimum absolute atomic E-state index is 0.0266. The molecule has 0 saturated heterocycles. The summed E-state index contributed by atoms with van der Waals surface area (Å²) in [6.45, 7) is 20.1. The number of hydrogen-bond donors (Lipinski definition) is 1. The van der Waals surface area contributed by atoms with E-state index in [0.717, 1.165) is 121 Å². The van der Waals surface area contributed by atoms with Crippen LogP contribution in [0, 0.1) is 50.4 Å². The maximum absolute atomic E-state index is 13.6. The summed E-state index contributed by atoms with van der Waals surface area (Å²) in [4.78, 5) is 42.0. The van der Waals surface area contributed by atoms with E-state index < -0.39 is 23.5 Å². The fourth-order valence-corrected chi connectivity index (χ4v) is 14.7. The van der Waals surface area contributed by atoms with E-state index in [-0.39, 0.29) is 40.1 Å². The Morgan fingerprint density at radius 2 is 0.653 bits per heavy atom. The predicted octanol–water partition coefficient (Wildman–Crippen LogP) is 26.9. The van der Waals surface area contributed by atoms with Crippen LogP contribution in [0.15, 0.2) is 332 Å². The summed E-state index contributed by atoms with van der Waals surface area (Å²) < 4.78 is 134. The number of nitrogens with zero attached hydrogens (tertiary/aromatic N) is 18. The number of pyridine rings is 4. The lowest BCUT2D eigenvalue weighted by Crippen LogP contribution is -2.05. The molecule has 0 saturated carbocycles. The van der Waals surface area contributed by atoms with Gasteiger partial charge in [-0.25, -0.2) is 0 Å². The molecular formula is C112H93F6N19O10. The van der Waals surface area contributed by atoms with Crippen LogP contribution < -0.4 is 24.7 Å². The van der Waals surface area contributed by atoms with Gasteiger partial charge in [0.25, 0.3) is 35.3 Å². The Morgan fingerprint density at radius 3 is 1.09 bits per heavy atom. The molecule has 29 nitrogen and oxygen atoms in total. The van der Waals surface area contributed by atoms with Crippen LogP contribution in [0.2, 0.25) is 0 Å². The topological polar surface area (TPSA) is 396 Å². The molecule has 0 unspecified atom stereocenters. The average Bonchev–Trinajstić information content (AvgIpc) is 1.76. The standard InChI is InChI=1S/C24H20F3N3O.C20H22N2O3.C19H21N3O3.C19H13N3O.C15H7F3N4O.C15H10N4O/c1-2-3-4-16-5-7-17(8-6-16)19-13-20(15-21(14-19)24(25,26)27)23-29-22(30-31-23)18-9-11-28-12-10-18;1-5-23-17-11-10-15(12-18(17)24-6-2)20-21-19(22-25-20)16-9-7-8-13(3)14(16)4;1-4-23-16-10-9-13(11-17(16)24-5-2)19-21-18(22-25-19)14-7-6-8-15(20)12(14)3;1-2-5-14(6-3-1)16-7-4-8-17(13-16)19-21-18(22-23-19)15-9-11-20-12-10-15;16-15(17,18)12-6-9(8-19)5-11(7-12)14-21-13(22-23-14)10-1-3-20-4-2-10;1-10-8-12(2-3-13(10)9-16)15-18-14(19-20-15)11-4-6-17-7-5-11/h5-15H,2-4H2,1H3;7-12H,5-6H2,1-4H3;6-11H,4-5,20H2,1-3H3;1-13H;1-7H;2-8H,1H3. The van der Waals surface area contributed by atoms with Gasteiger partial charge < -0.3 is 51.8 Å². The molecule has 10 aromatic heterocycles. The molecule has 0 bridgehead atoms. The van der Waals surface area contributed by atoms with E-state index in [9.17, 15) is 26.3 Å². The van der Waals surface area contributed by atoms with Crippen LogP contribution in [0.25, 0.3) is 159 Å². The number of anilines is 1. The average molecular weight is 1980 g/mol. The minimum atomic E-state index is -4.57. The zero-order valence-electron chi connectivity index (χ0n) is 80.8.